The van der Waals surface area contributed by atoms with Crippen LogP contribution >= 0.6 is 59.1 Å². The second-order valence-corrected chi connectivity index (χ2v) is 7.92. The van der Waals surface area contributed by atoms with Gasteiger partial charge in [-0.1, -0.05) is 0 Å². The highest BCUT2D eigenvalue weighted by atomic mass is 79.9. The highest BCUT2D eigenvalue weighted by Gasteiger charge is 2.14. The summed E-state index contributed by atoms with van der Waals surface area (Å²) in [5.74, 6) is -0.616. The summed E-state index contributed by atoms with van der Waals surface area (Å²) in [5, 5.41) is 2.70. The molecule has 0 saturated carbocycles. The minimum atomic E-state index is -0.368. The fourth-order valence-corrected chi connectivity index (χ4v) is 4.44. The van der Waals surface area contributed by atoms with Gasteiger partial charge in [0.2, 0.25) is 0 Å². The molecule has 0 spiro atoms. The molecule has 1 heterocycles. The highest BCUT2D eigenvalue weighted by molar-refractivity contribution is 9.12. The van der Waals surface area contributed by atoms with E-state index in [0.717, 1.165) is 7.57 Å². The maximum absolute atomic E-state index is 13.1. The largest absolute Gasteiger partial charge is 0.322 e. The molecule has 0 aliphatic heterocycles. The van der Waals surface area contributed by atoms with Crippen LogP contribution in [0.1, 0.15) is 10.4 Å². The number of benzene rings is 1. The third kappa shape index (κ3) is 3.20. The number of hydrogen-bond donors (Lipinski definition) is 1. The molecule has 0 unspecified atom stereocenters. The average molecular weight is 458 g/mol. The molecule has 0 fully saturated rings. The molecule has 1 aromatic carbocycles. The molecule has 1 aromatic heterocycles. The second-order valence-electron chi connectivity index (χ2n) is 3.32. The van der Waals surface area contributed by atoms with Gasteiger partial charge in [0, 0.05) is 5.69 Å². The van der Waals surface area contributed by atoms with Crippen LogP contribution in [-0.2, 0) is 0 Å². The predicted molar refractivity (Wildman–Crippen MR) is 81.8 cm³/mol. The molecule has 0 saturated heterocycles. The lowest BCUT2D eigenvalue weighted by molar-refractivity contribution is 0.102. The molecule has 1 amide bonds. The van der Waals surface area contributed by atoms with Crippen LogP contribution in [0.25, 0.3) is 0 Å². The summed E-state index contributed by atoms with van der Waals surface area (Å²) < 4.78 is 15.0. The average Bonchev–Trinajstić information content (AvgIpc) is 2.63. The lowest BCUT2D eigenvalue weighted by Gasteiger charge is -2.05. The first-order valence-electron chi connectivity index (χ1n) is 4.68. The molecule has 2 rings (SSSR count). The van der Waals surface area contributed by atoms with E-state index in [2.05, 4.69) is 53.1 Å². The number of carbonyl (C=O) groups is 1. The van der Waals surface area contributed by atoms with Gasteiger partial charge in [-0.3, -0.25) is 4.79 Å². The van der Waals surface area contributed by atoms with Crippen molar-refractivity contribution in [3.63, 3.8) is 0 Å². The number of halogens is 4. The Bertz CT molecular complexity index is 614. The first kappa shape index (κ1) is 14.2. The fourth-order valence-electron chi connectivity index (χ4n) is 1.27. The van der Waals surface area contributed by atoms with E-state index in [9.17, 15) is 9.18 Å². The van der Waals surface area contributed by atoms with Crippen molar-refractivity contribution in [3.8, 4) is 0 Å². The minimum absolute atomic E-state index is 0.248. The number of rotatable bonds is 2. The van der Waals surface area contributed by atoms with Crippen molar-refractivity contribution in [1.29, 1.82) is 0 Å². The van der Waals surface area contributed by atoms with Gasteiger partial charge >= 0.3 is 0 Å². The van der Waals surface area contributed by atoms with E-state index >= 15 is 0 Å². The molecule has 2 aromatic rings. The summed E-state index contributed by atoms with van der Waals surface area (Å²) in [7, 11) is 0. The minimum Gasteiger partial charge on any atom is -0.322 e. The van der Waals surface area contributed by atoms with Crippen molar-refractivity contribution in [2.45, 2.75) is 0 Å². The zero-order valence-corrected chi connectivity index (χ0v) is 14.2. The van der Waals surface area contributed by atoms with Crippen molar-refractivity contribution in [2.24, 2.45) is 0 Å². The molecule has 18 heavy (non-hydrogen) atoms. The zero-order valence-electron chi connectivity index (χ0n) is 8.64. The van der Waals surface area contributed by atoms with Crippen molar-refractivity contribution in [3.05, 3.63) is 47.7 Å². The van der Waals surface area contributed by atoms with Crippen LogP contribution in [-0.4, -0.2) is 5.91 Å². The molecular formula is C11H5Br3FNOS. The van der Waals surface area contributed by atoms with Gasteiger partial charge in [0.1, 0.15) is 5.82 Å². The van der Waals surface area contributed by atoms with Gasteiger partial charge in [-0.25, -0.2) is 4.39 Å². The summed E-state index contributed by atoms with van der Waals surface area (Å²) in [6.07, 6.45) is 0. The van der Waals surface area contributed by atoms with Crippen LogP contribution < -0.4 is 5.32 Å². The second kappa shape index (κ2) is 5.81. The molecule has 1 N–H and O–H groups in total. The molecule has 2 nitrogen and oxygen atoms in total. The first-order chi connectivity index (χ1) is 8.47. The fraction of sp³-hybridized carbons (Fsp3) is 0. The quantitative estimate of drug-likeness (QED) is 0.640. The normalized spacial score (nSPS) is 10.4. The van der Waals surface area contributed by atoms with Gasteiger partial charge in [-0.15, -0.1) is 11.3 Å². The van der Waals surface area contributed by atoms with E-state index in [1.807, 2.05) is 0 Å². The third-order valence-electron chi connectivity index (χ3n) is 2.08. The van der Waals surface area contributed by atoms with Crippen molar-refractivity contribution in [2.75, 3.05) is 5.32 Å². The van der Waals surface area contributed by atoms with E-state index in [4.69, 9.17) is 0 Å². The molecule has 7 heteroatoms. The SMILES string of the molecule is O=C(Nc1ccc(F)c(Br)c1)c1cc(Br)sc1Br. The molecule has 0 aliphatic rings. The standard InChI is InChI=1S/C11H5Br3FNOS/c12-7-3-5(1-2-8(7)15)16-11(17)6-4-9(13)18-10(6)14/h1-4H,(H,16,17). The number of carbonyl (C=O) groups excluding carboxylic acids is 1. The van der Waals surface area contributed by atoms with Crippen LogP contribution in [0, 0.1) is 5.82 Å². The lowest BCUT2D eigenvalue weighted by atomic mass is 10.2. The number of nitrogens with one attached hydrogen (secondary N) is 1. The summed E-state index contributed by atoms with van der Waals surface area (Å²) in [6, 6.07) is 6.04. The smallest absolute Gasteiger partial charge is 0.257 e. The molecule has 0 radical (unpaired) electrons. The Morgan fingerprint density at radius 1 is 1.22 bits per heavy atom. The van der Waals surface area contributed by atoms with E-state index in [-0.39, 0.29) is 11.7 Å². The van der Waals surface area contributed by atoms with Crippen molar-refractivity contribution < 1.29 is 9.18 Å². The van der Waals surface area contributed by atoms with Gasteiger partial charge in [0.05, 0.1) is 17.6 Å². The monoisotopic (exact) mass is 455 g/mol. The molecule has 0 atom stereocenters. The van der Waals surface area contributed by atoms with Crippen LogP contribution in [0.4, 0.5) is 10.1 Å². The van der Waals surface area contributed by atoms with Crippen molar-refractivity contribution in [1.82, 2.24) is 0 Å². The van der Waals surface area contributed by atoms with E-state index in [1.54, 1.807) is 6.07 Å². The Morgan fingerprint density at radius 3 is 2.50 bits per heavy atom. The first-order valence-corrected chi connectivity index (χ1v) is 7.88. The molecular weight excluding hydrogens is 453 g/mol. The van der Waals surface area contributed by atoms with Crippen LogP contribution in [0.15, 0.2) is 36.3 Å². The Kier molecular flexibility index (Phi) is 4.58. The number of hydrogen-bond acceptors (Lipinski definition) is 2. The summed E-state index contributed by atoms with van der Waals surface area (Å²) in [6.45, 7) is 0. The van der Waals surface area contributed by atoms with Crippen LogP contribution in [0.5, 0.6) is 0 Å². The Hall–Kier alpha value is -0.240. The van der Waals surface area contributed by atoms with Crippen LogP contribution in [0.3, 0.4) is 0 Å². The molecule has 94 valence electrons. The third-order valence-corrected chi connectivity index (χ3v) is 5.03. The Morgan fingerprint density at radius 2 is 1.94 bits per heavy atom. The van der Waals surface area contributed by atoms with Crippen LogP contribution in [0.2, 0.25) is 0 Å². The molecule has 0 aliphatic carbocycles. The Balaban J connectivity index is 2.21. The van der Waals surface area contributed by atoms with E-state index in [0.29, 0.717) is 15.7 Å². The number of thiophene rings is 1. The van der Waals surface area contributed by atoms with Gasteiger partial charge < -0.3 is 5.32 Å². The number of anilines is 1. The topological polar surface area (TPSA) is 29.1 Å². The summed E-state index contributed by atoms with van der Waals surface area (Å²) >= 11 is 11.1. The number of amides is 1. The highest BCUT2D eigenvalue weighted by Crippen LogP contribution is 2.32. The van der Waals surface area contributed by atoms with Gasteiger partial charge in [0.15, 0.2) is 0 Å². The zero-order chi connectivity index (χ0) is 13.3. The Labute approximate surface area is 132 Å². The van der Waals surface area contributed by atoms with Gasteiger partial charge in [-0.05, 0) is 72.1 Å². The summed E-state index contributed by atoms with van der Waals surface area (Å²) in [5.41, 5.74) is 1.06. The lowest BCUT2D eigenvalue weighted by Crippen LogP contribution is -2.11. The summed E-state index contributed by atoms with van der Waals surface area (Å²) in [4.78, 5) is 12.0. The van der Waals surface area contributed by atoms with Gasteiger partial charge in [-0.2, -0.15) is 0 Å². The van der Waals surface area contributed by atoms with E-state index < -0.39 is 0 Å². The molecule has 0 bridgehead atoms. The maximum Gasteiger partial charge on any atom is 0.257 e. The van der Waals surface area contributed by atoms with Gasteiger partial charge in [0.25, 0.3) is 5.91 Å². The van der Waals surface area contributed by atoms with E-state index in [1.165, 1.54) is 29.5 Å². The van der Waals surface area contributed by atoms with Crippen molar-refractivity contribution >= 4 is 70.7 Å². The maximum atomic E-state index is 13.1. The predicted octanol–water partition coefficient (Wildman–Crippen LogP) is 5.43.